The minimum Gasteiger partial charge on any atom is -0.379 e. The Morgan fingerprint density at radius 1 is 1.20 bits per heavy atom. The van der Waals surface area contributed by atoms with Gasteiger partial charge in [-0.1, -0.05) is 0 Å². The van der Waals surface area contributed by atoms with E-state index in [2.05, 4.69) is 20.2 Å². The van der Waals surface area contributed by atoms with Crippen molar-refractivity contribution in [3.63, 3.8) is 0 Å². The van der Waals surface area contributed by atoms with E-state index < -0.39 is 0 Å². The second-order valence-corrected chi connectivity index (χ2v) is 5.51. The number of fused-ring (bicyclic) bond motifs is 1. The monoisotopic (exact) mass is 333 g/mol. The fraction of sp³-hybridized carbons (Fsp3) is 0.294. The van der Waals surface area contributed by atoms with Gasteiger partial charge >= 0.3 is 0 Å². The molecule has 2 heterocycles. The van der Waals surface area contributed by atoms with E-state index in [1.54, 1.807) is 24.3 Å². The highest BCUT2D eigenvalue weighted by molar-refractivity contribution is 5.80. The number of aromatic amines is 1. The lowest BCUT2D eigenvalue weighted by Crippen LogP contribution is -2.35. The first kappa shape index (κ1) is 16.5. The number of imidazole rings is 1. The van der Waals surface area contributed by atoms with E-state index in [1.807, 2.05) is 12.1 Å². The zero-order chi connectivity index (χ0) is 17.6. The molecule has 1 aliphatic heterocycles. The molecule has 0 saturated carbocycles. The number of anilines is 1. The molecule has 0 spiro atoms. The quantitative estimate of drug-likeness (QED) is 0.815. The second kappa shape index (κ2) is 7.46. The third kappa shape index (κ3) is 3.76. The fourth-order valence-electron chi connectivity index (χ4n) is 2.61. The minimum atomic E-state index is -0.250. The first-order valence-corrected chi connectivity index (χ1v) is 7.74. The van der Waals surface area contributed by atoms with E-state index in [0.717, 1.165) is 49.7 Å². The Bertz CT molecular complexity index is 917. The van der Waals surface area contributed by atoms with Crippen molar-refractivity contribution < 1.29 is 4.74 Å². The lowest BCUT2D eigenvalue weighted by molar-refractivity contribution is 0.0332. The number of nitriles is 3. The van der Waals surface area contributed by atoms with E-state index in [4.69, 9.17) is 20.5 Å². The van der Waals surface area contributed by atoms with Gasteiger partial charge in [0.05, 0.1) is 30.8 Å². The molecule has 3 rings (SSSR count). The normalized spacial score (nSPS) is 14.3. The van der Waals surface area contributed by atoms with Crippen molar-refractivity contribution in [1.29, 1.82) is 15.8 Å². The van der Waals surface area contributed by atoms with Gasteiger partial charge in [0, 0.05) is 18.8 Å². The van der Waals surface area contributed by atoms with E-state index in [1.165, 1.54) is 0 Å². The molecule has 0 radical (unpaired) electrons. The van der Waals surface area contributed by atoms with Crippen LogP contribution in [0.15, 0.2) is 29.5 Å². The summed E-state index contributed by atoms with van der Waals surface area (Å²) in [6.45, 7) is 3.95. The predicted octanol–water partition coefficient (Wildman–Crippen LogP) is 1.63. The van der Waals surface area contributed by atoms with Crippen LogP contribution in [0.2, 0.25) is 0 Å². The van der Waals surface area contributed by atoms with E-state index in [-0.39, 0.29) is 11.3 Å². The van der Waals surface area contributed by atoms with Crippen molar-refractivity contribution in [2.75, 3.05) is 31.6 Å². The number of hydrogen-bond donors (Lipinski definition) is 2. The smallest absolute Gasteiger partial charge is 0.163 e. The Kier molecular flexibility index (Phi) is 4.92. The molecule has 1 aromatic carbocycles. The van der Waals surface area contributed by atoms with Crippen LogP contribution in [0.3, 0.4) is 0 Å². The Morgan fingerprint density at radius 3 is 2.64 bits per heavy atom. The average Bonchev–Trinajstić information content (AvgIpc) is 3.04. The Morgan fingerprint density at radius 2 is 1.96 bits per heavy atom. The van der Waals surface area contributed by atoms with Crippen LogP contribution in [0.4, 0.5) is 5.69 Å². The largest absolute Gasteiger partial charge is 0.379 e. The SMILES string of the molecule is N#CC(C#N)=C(C#N)Nc1ccc2nc(CN3CCOCC3)[nH]c2c1. The second-order valence-electron chi connectivity index (χ2n) is 5.51. The molecule has 1 fully saturated rings. The van der Waals surface area contributed by atoms with Crippen LogP contribution in [-0.4, -0.2) is 41.2 Å². The summed E-state index contributed by atoms with van der Waals surface area (Å²) >= 11 is 0. The molecule has 25 heavy (non-hydrogen) atoms. The number of morpholine rings is 1. The summed E-state index contributed by atoms with van der Waals surface area (Å²) in [6, 6.07) is 10.6. The number of nitrogens with zero attached hydrogens (tertiary/aromatic N) is 5. The standard InChI is InChI=1S/C17H15N7O/c18-8-12(9-19)16(10-20)21-13-1-2-14-15(7-13)23-17(22-14)11-24-3-5-25-6-4-24/h1-2,7,21H,3-6,11H2,(H,22,23). The summed E-state index contributed by atoms with van der Waals surface area (Å²) in [7, 11) is 0. The number of allylic oxidation sites excluding steroid dienone is 2. The van der Waals surface area contributed by atoms with E-state index >= 15 is 0 Å². The molecule has 1 aliphatic rings. The van der Waals surface area contributed by atoms with Gasteiger partial charge < -0.3 is 15.0 Å². The van der Waals surface area contributed by atoms with Gasteiger partial charge in [-0.15, -0.1) is 0 Å². The predicted molar refractivity (Wildman–Crippen MR) is 89.7 cm³/mol. The Balaban J connectivity index is 1.81. The molecule has 0 amide bonds. The zero-order valence-electron chi connectivity index (χ0n) is 13.4. The van der Waals surface area contributed by atoms with Crippen molar-refractivity contribution in [3.8, 4) is 18.2 Å². The number of nitrogens with one attached hydrogen (secondary N) is 2. The molecule has 0 unspecified atom stereocenters. The van der Waals surface area contributed by atoms with Gasteiger partial charge in [0.2, 0.25) is 0 Å². The summed E-state index contributed by atoms with van der Waals surface area (Å²) in [4.78, 5) is 10.1. The van der Waals surface area contributed by atoms with Crippen molar-refractivity contribution in [1.82, 2.24) is 14.9 Å². The fourth-order valence-corrected chi connectivity index (χ4v) is 2.61. The third-order valence-corrected chi connectivity index (χ3v) is 3.86. The summed E-state index contributed by atoms with van der Waals surface area (Å²) in [5.74, 6) is 0.861. The van der Waals surface area contributed by atoms with Gasteiger partial charge in [0.1, 0.15) is 29.7 Å². The molecule has 2 aromatic rings. The highest BCUT2D eigenvalue weighted by Crippen LogP contribution is 2.20. The molecule has 8 nitrogen and oxygen atoms in total. The summed E-state index contributed by atoms with van der Waals surface area (Å²) in [5.41, 5.74) is 1.92. The number of ether oxygens (including phenoxy) is 1. The maximum atomic E-state index is 9.11. The van der Waals surface area contributed by atoms with Gasteiger partial charge in [-0.2, -0.15) is 15.8 Å². The van der Waals surface area contributed by atoms with Crippen LogP contribution in [0, 0.1) is 34.0 Å². The summed E-state index contributed by atoms with van der Waals surface area (Å²) < 4.78 is 5.34. The molecule has 124 valence electrons. The number of rotatable bonds is 4. The van der Waals surface area contributed by atoms with Gasteiger partial charge in [-0.3, -0.25) is 4.90 Å². The van der Waals surface area contributed by atoms with Gasteiger partial charge in [0.15, 0.2) is 5.57 Å². The minimum absolute atomic E-state index is 0.0718. The van der Waals surface area contributed by atoms with Crippen LogP contribution in [0.5, 0.6) is 0 Å². The number of benzene rings is 1. The van der Waals surface area contributed by atoms with Crippen LogP contribution in [0.25, 0.3) is 11.0 Å². The molecule has 2 N–H and O–H groups in total. The molecule has 0 atom stereocenters. The first-order chi connectivity index (χ1) is 12.2. The number of hydrogen-bond acceptors (Lipinski definition) is 7. The van der Waals surface area contributed by atoms with E-state index in [9.17, 15) is 0 Å². The van der Waals surface area contributed by atoms with Crippen molar-refractivity contribution >= 4 is 16.7 Å². The van der Waals surface area contributed by atoms with Gasteiger partial charge in [-0.25, -0.2) is 4.98 Å². The van der Waals surface area contributed by atoms with Gasteiger partial charge in [-0.05, 0) is 18.2 Å². The summed E-state index contributed by atoms with van der Waals surface area (Å²) in [6.07, 6.45) is 0. The maximum absolute atomic E-state index is 9.11. The first-order valence-electron chi connectivity index (χ1n) is 7.74. The summed E-state index contributed by atoms with van der Waals surface area (Å²) in [5, 5.41) is 29.7. The molecule has 1 aromatic heterocycles. The Hall–Kier alpha value is -3.38. The molecule has 0 aliphatic carbocycles. The van der Waals surface area contributed by atoms with Gasteiger partial charge in [0.25, 0.3) is 0 Å². The van der Waals surface area contributed by atoms with Crippen molar-refractivity contribution in [3.05, 3.63) is 35.3 Å². The van der Waals surface area contributed by atoms with Crippen molar-refractivity contribution in [2.45, 2.75) is 6.54 Å². The molecule has 8 heteroatoms. The zero-order valence-corrected chi connectivity index (χ0v) is 13.4. The van der Waals surface area contributed by atoms with Crippen LogP contribution < -0.4 is 5.32 Å². The topological polar surface area (TPSA) is 125 Å². The third-order valence-electron chi connectivity index (χ3n) is 3.86. The van der Waals surface area contributed by atoms with Crippen LogP contribution >= 0.6 is 0 Å². The lowest BCUT2D eigenvalue weighted by Gasteiger charge is -2.25. The van der Waals surface area contributed by atoms with Crippen LogP contribution in [-0.2, 0) is 11.3 Å². The molecular weight excluding hydrogens is 318 g/mol. The molecule has 0 bridgehead atoms. The number of H-pyrrole nitrogens is 1. The lowest BCUT2D eigenvalue weighted by atomic mass is 10.2. The molecular formula is C17H15N7O. The van der Waals surface area contributed by atoms with Crippen LogP contribution in [0.1, 0.15) is 5.82 Å². The maximum Gasteiger partial charge on any atom is 0.163 e. The van der Waals surface area contributed by atoms with Crippen molar-refractivity contribution in [2.24, 2.45) is 0 Å². The highest BCUT2D eigenvalue weighted by atomic mass is 16.5. The Labute approximate surface area is 144 Å². The number of aromatic nitrogens is 2. The average molecular weight is 333 g/mol. The molecule has 1 saturated heterocycles. The van der Waals surface area contributed by atoms with E-state index in [0.29, 0.717) is 5.69 Å². The highest BCUT2D eigenvalue weighted by Gasteiger charge is 2.13.